The lowest BCUT2D eigenvalue weighted by molar-refractivity contribution is -0.151. The van der Waals surface area contributed by atoms with E-state index in [4.69, 9.17) is 0 Å². The van der Waals surface area contributed by atoms with Gasteiger partial charge in [0.1, 0.15) is 11.6 Å². The van der Waals surface area contributed by atoms with Gasteiger partial charge in [0, 0.05) is 43.0 Å². The van der Waals surface area contributed by atoms with Gasteiger partial charge in [0.15, 0.2) is 0 Å². The normalized spacial score (nSPS) is 21.5. The highest BCUT2D eigenvalue weighted by Crippen LogP contribution is 2.49. The Morgan fingerprint density at radius 1 is 1.24 bits per heavy atom. The Morgan fingerprint density at radius 2 is 1.97 bits per heavy atom. The van der Waals surface area contributed by atoms with Crippen LogP contribution in [0, 0.1) is 19.8 Å². The number of hydrogen-bond donors (Lipinski definition) is 2. The van der Waals surface area contributed by atoms with Crippen molar-refractivity contribution in [1.82, 2.24) is 14.8 Å². The first-order valence-corrected chi connectivity index (χ1v) is 11.6. The molecule has 33 heavy (non-hydrogen) atoms. The molecular formula is C24H31F3N4O2. The summed E-state index contributed by atoms with van der Waals surface area (Å²) in [5, 5.41) is 21.4. The molecule has 180 valence electrons. The van der Waals surface area contributed by atoms with Crippen molar-refractivity contribution in [2.75, 3.05) is 11.9 Å². The molecule has 0 unspecified atom stereocenters. The van der Waals surface area contributed by atoms with Crippen LogP contribution in [-0.2, 0) is 4.79 Å². The molecule has 2 aliphatic rings. The Bertz CT molecular complexity index is 994. The molecule has 1 aromatic carbocycles. The van der Waals surface area contributed by atoms with E-state index in [1.54, 1.807) is 0 Å². The van der Waals surface area contributed by atoms with E-state index < -0.39 is 12.6 Å². The van der Waals surface area contributed by atoms with Crippen LogP contribution in [0.25, 0.3) is 0 Å². The van der Waals surface area contributed by atoms with Gasteiger partial charge in [0.05, 0.1) is 0 Å². The van der Waals surface area contributed by atoms with E-state index in [-0.39, 0.29) is 42.7 Å². The molecule has 1 atom stereocenters. The van der Waals surface area contributed by atoms with Gasteiger partial charge >= 0.3 is 6.18 Å². The average Bonchev–Trinajstić information content (AvgIpc) is 3.44. The van der Waals surface area contributed by atoms with Gasteiger partial charge in [-0.15, -0.1) is 10.2 Å². The maximum Gasteiger partial charge on any atom is 0.389 e. The van der Waals surface area contributed by atoms with Crippen molar-refractivity contribution in [3.63, 3.8) is 0 Å². The van der Waals surface area contributed by atoms with Crippen molar-refractivity contribution in [2.24, 2.45) is 5.92 Å². The number of alkyl halides is 3. The Kier molecular flexibility index (Phi) is 6.79. The van der Waals surface area contributed by atoms with Crippen molar-refractivity contribution in [3.05, 3.63) is 41.0 Å². The number of carbonyl (C=O) groups is 1. The summed E-state index contributed by atoms with van der Waals surface area (Å²) in [7, 11) is 0. The molecule has 4 rings (SSSR count). The summed E-state index contributed by atoms with van der Waals surface area (Å²) in [6.07, 6.45) is -1.51. The Morgan fingerprint density at radius 3 is 2.58 bits per heavy atom. The molecule has 6 nitrogen and oxygen atoms in total. The lowest BCUT2D eigenvalue weighted by Gasteiger charge is -2.35. The molecule has 1 heterocycles. The smallest absolute Gasteiger partial charge is 0.389 e. The zero-order chi connectivity index (χ0) is 23.8. The third-order valence-electron chi connectivity index (χ3n) is 6.71. The molecule has 2 aliphatic carbocycles. The fourth-order valence-electron chi connectivity index (χ4n) is 4.88. The Balaban J connectivity index is 1.48. The van der Waals surface area contributed by atoms with Gasteiger partial charge in [0.25, 0.3) is 0 Å². The number of nitrogens with one attached hydrogen (secondary N) is 1. The van der Waals surface area contributed by atoms with Crippen molar-refractivity contribution < 1.29 is 23.1 Å². The highest BCUT2D eigenvalue weighted by molar-refractivity contribution is 5.92. The van der Waals surface area contributed by atoms with E-state index in [1.165, 1.54) is 0 Å². The predicted octanol–water partition coefficient (Wildman–Crippen LogP) is 5.17. The number of aromatic nitrogens is 3. The van der Waals surface area contributed by atoms with E-state index in [2.05, 4.69) is 20.1 Å². The van der Waals surface area contributed by atoms with Gasteiger partial charge in [0.2, 0.25) is 5.91 Å². The number of hydrogen-bond acceptors (Lipinski definition) is 4. The molecule has 0 bridgehead atoms. The van der Waals surface area contributed by atoms with Crippen molar-refractivity contribution in [2.45, 2.75) is 82.8 Å². The number of benzene rings is 1. The molecular weight excluding hydrogens is 433 g/mol. The molecule has 0 aliphatic heterocycles. The number of amides is 1. The van der Waals surface area contributed by atoms with Crippen molar-refractivity contribution in [3.8, 4) is 0 Å². The maximum atomic E-state index is 12.8. The molecule has 0 spiro atoms. The summed E-state index contributed by atoms with van der Waals surface area (Å²) in [5.41, 5.74) is 2.84. The zero-order valence-corrected chi connectivity index (χ0v) is 19.0. The van der Waals surface area contributed by atoms with E-state index in [0.717, 1.165) is 35.5 Å². The minimum atomic E-state index is -4.14. The summed E-state index contributed by atoms with van der Waals surface area (Å²) < 4.78 is 40.1. The van der Waals surface area contributed by atoms with Gasteiger partial charge in [-0.05, 0) is 63.5 Å². The average molecular weight is 465 g/mol. The first kappa shape index (κ1) is 23.7. The largest absolute Gasteiger partial charge is 0.396 e. The van der Waals surface area contributed by atoms with Crippen LogP contribution >= 0.6 is 0 Å². The van der Waals surface area contributed by atoms with E-state index in [1.807, 2.05) is 32.0 Å². The highest BCUT2D eigenvalue weighted by Gasteiger charge is 2.43. The lowest BCUT2D eigenvalue weighted by atomic mass is 9.72. The van der Waals surface area contributed by atoms with Crippen LogP contribution in [0.1, 0.15) is 85.6 Å². The number of halogens is 3. The fourth-order valence-corrected chi connectivity index (χ4v) is 4.88. The SMILES string of the molecule is Cc1ccc(NC(=O)C[C@H](CCO)c2nnc([C@H]3C[C@@H](CC(F)(F)F)C3)n2C2CC2)c(C)c1. The highest BCUT2D eigenvalue weighted by atomic mass is 19.4. The summed E-state index contributed by atoms with van der Waals surface area (Å²) in [5.74, 6) is 0.535. The van der Waals surface area contributed by atoms with Crippen LogP contribution in [0.4, 0.5) is 18.9 Å². The molecule has 0 saturated heterocycles. The van der Waals surface area contributed by atoms with Gasteiger partial charge in [-0.2, -0.15) is 13.2 Å². The molecule has 2 saturated carbocycles. The Labute approximate surface area is 191 Å². The topological polar surface area (TPSA) is 80.0 Å². The first-order valence-electron chi connectivity index (χ1n) is 11.6. The van der Waals surface area contributed by atoms with Crippen LogP contribution in [0.2, 0.25) is 0 Å². The summed E-state index contributed by atoms with van der Waals surface area (Å²) >= 11 is 0. The number of rotatable bonds is 9. The second-order valence-corrected chi connectivity index (χ2v) is 9.65. The van der Waals surface area contributed by atoms with Crippen LogP contribution in [0.5, 0.6) is 0 Å². The molecule has 2 N–H and O–H groups in total. The molecule has 9 heteroatoms. The van der Waals surface area contributed by atoms with Crippen LogP contribution in [0.15, 0.2) is 18.2 Å². The number of aliphatic hydroxyl groups is 1. The summed E-state index contributed by atoms with van der Waals surface area (Å²) in [4.78, 5) is 12.8. The van der Waals surface area contributed by atoms with Crippen LogP contribution in [0.3, 0.4) is 0 Å². The predicted molar refractivity (Wildman–Crippen MR) is 118 cm³/mol. The standard InChI is InChI=1S/C24H31F3N4O2/c1-14-3-6-20(15(2)9-14)28-21(33)12-17(7-8-32)22-29-30-23(31(22)19-4-5-19)18-10-16(11-18)13-24(25,26)27/h3,6,9,16-19,32H,4-5,7-8,10-13H2,1-2H3,(H,28,33)/t16-,17-,18+/m0/s1. The molecule has 1 amide bonds. The third kappa shape index (κ3) is 5.75. The second-order valence-electron chi connectivity index (χ2n) is 9.65. The molecule has 1 aromatic heterocycles. The van der Waals surface area contributed by atoms with Crippen molar-refractivity contribution in [1.29, 1.82) is 0 Å². The van der Waals surface area contributed by atoms with Crippen LogP contribution in [-0.4, -0.2) is 38.6 Å². The van der Waals surface area contributed by atoms with Crippen LogP contribution < -0.4 is 5.32 Å². The monoisotopic (exact) mass is 464 g/mol. The molecule has 2 fully saturated rings. The fraction of sp³-hybridized carbons (Fsp3) is 0.625. The molecule has 2 aromatic rings. The van der Waals surface area contributed by atoms with E-state index in [0.29, 0.717) is 25.1 Å². The van der Waals surface area contributed by atoms with Gasteiger partial charge in [-0.3, -0.25) is 4.79 Å². The van der Waals surface area contributed by atoms with Crippen molar-refractivity contribution >= 4 is 11.6 Å². The van der Waals surface area contributed by atoms with Gasteiger partial charge in [-0.25, -0.2) is 0 Å². The number of anilines is 1. The maximum absolute atomic E-state index is 12.8. The Hall–Kier alpha value is -2.42. The lowest BCUT2D eigenvalue weighted by Crippen LogP contribution is -2.29. The third-order valence-corrected chi connectivity index (χ3v) is 6.71. The number of aliphatic hydroxyl groups excluding tert-OH is 1. The first-order chi connectivity index (χ1) is 15.6. The summed E-state index contributed by atoms with van der Waals surface area (Å²) in [6, 6.07) is 6.05. The van der Waals surface area contributed by atoms with E-state index >= 15 is 0 Å². The number of carbonyl (C=O) groups excluding carboxylic acids is 1. The second kappa shape index (κ2) is 9.44. The number of aryl methyl sites for hydroxylation is 2. The van der Waals surface area contributed by atoms with Gasteiger partial charge in [-0.1, -0.05) is 17.7 Å². The zero-order valence-electron chi connectivity index (χ0n) is 19.0. The minimum absolute atomic E-state index is 0.0296. The minimum Gasteiger partial charge on any atom is -0.396 e. The van der Waals surface area contributed by atoms with Gasteiger partial charge < -0.3 is 15.0 Å². The summed E-state index contributed by atoms with van der Waals surface area (Å²) in [6.45, 7) is 3.84. The number of nitrogens with zero attached hydrogens (tertiary/aromatic N) is 3. The van der Waals surface area contributed by atoms with E-state index in [9.17, 15) is 23.1 Å². The molecule has 0 radical (unpaired) electrons. The quantitative estimate of drug-likeness (QED) is 0.537.